The molecule has 0 bridgehead atoms. The molecule has 0 radical (unpaired) electrons. The van der Waals surface area contributed by atoms with Gasteiger partial charge in [-0.1, -0.05) is 12.1 Å². The van der Waals surface area contributed by atoms with Crippen LogP contribution in [0.5, 0.6) is 11.5 Å². The van der Waals surface area contributed by atoms with E-state index in [-0.39, 0.29) is 36.6 Å². The molecule has 0 spiro atoms. The summed E-state index contributed by atoms with van der Waals surface area (Å²) in [5, 5.41) is 2.85. The number of anilines is 1. The van der Waals surface area contributed by atoms with Crippen LogP contribution in [0.15, 0.2) is 47.4 Å². The monoisotopic (exact) mass is 482 g/mol. The predicted molar refractivity (Wildman–Crippen MR) is 120 cm³/mol. The highest BCUT2D eigenvalue weighted by Crippen LogP contribution is 2.36. The topological polar surface area (TPSA) is 119 Å². The Hall–Kier alpha value is -2.79. The van der Waals surface area contributed by atoms with Gasteiger partial charge in [0.2, 0.25) is 22.7 Å². The molecule has 1 atom stereocenters. The number of hydrogen-bond acceptors (Lipinski definition) is 7. The van der Waals surface area contributed by atoms with Gasteiger partial charge in [-0.2, -0.15) is 0 Å². The second-order valence-electron chi connectivity index (χ2n) is 7.61. The molecule has 0 fully saturated rings. The molecule has 11 heteroatoms. The van der Waals surface area contributed by atoms with Gasteiger partial charge in [-0.05, 0) is 43.2 Å². The van der Waals surface area contributed by atoms with Crippen molar-refractivity contribution in [3.05, 3.63) is 48.0 Å². The number of ether oxygens (including phenoxy) is 2. The van der Waals surface area contributed by atoms with Crippen molar-refractivity contribution in [3.63, 3.8) is 0 Å². The van der Waals surface area contributed by atoms with Crippen LogP contribution in [-0.2, 0) is 24.7 Å². The molecule has 1 amide bonds. The first-order chi connectivity index (χ1) is 14.9. The Labute approximate surface area is 188 Å². The van der Waals surface area contributed by atoms with E-state index in [1.165, 1.54) is 16.4 Å². The minimum absolute atomic E-state index is 0.0903. The van der Waals surface area contributed by atoms with Gasteiger partial charge in [0, 0.05) is 25.3 Å². The van der Waals surface area contributed by atoms with Crippen LogP contribution in [0.3, 0.4) is 0 Å². The van der Waals surface area contributed by atoms with E-state index in [0.29, 0.717) is 23.6 Å². The summed E-state index contributed by atoms with van der Waals surface area (Å²) in [6.07, 6.45) is 2.69. The average molecular weight is 483 g/mol. The van der Waals surface area contributed by atoms with Gasteiger partial charge < -0.3 is 14.8 Å². The molecular formula is C21H26N2O7S2. The summed E-state index contributed by atoms with van der Waals surface area (Å²) in [4.78, 5) is 12.6. The number of nitrogens with zero attached hydrogens (tertiary/aromatic N) is 1. The second-order valence-corrected chi connectivity index (χ2v) is 11.5. The van der Waals surface area contributed by atoms with Crippen molar-refractivity contribution in [1.82, 2.24) is 5.32 Å². The maximum absolute atomic E-state index is 12.4. The van der Waals surface area contributed by atoms with Gasteiger partial charge in [-0.3, -0.25) is 9.10 Å². The van der Waals surface area contributed by atoms with E-state index in [0.717, 1.165) is 18.1 Å². The first-order valence-electron chi connectivity index (χ1n) is 9.92. The summed E-state index contributed by atoms with van der Waals surface area (Å²) in [7, 11) is -6.84. The average Bonchev–Trinajstić information content (AvgIpc) is 3.17. The lowest BCUT2D eigenvalue weighted by atomic mass is 10.1. The van der Waals surface area contributed by atoms with Crippen LogP contribution >= 0.6 is 0 Å². The van der Waals surface area contributed by atoms with Crippen LogP contribution in [-0.4, -0.2) is 48.6 Å². The van der Waals surface area contributed by atoms with Crippen molar-refractivity contribution >= 4 is 31.5 Å². The van der Waals surface area contributed by atoms with Crippen LogP contribution in [0.2, 0.25) is 0 Å². The lowest BCUT2D eigenvalue weighted by Gasteiger charge is -2.23. The van der Waals surface area contributed by atoms with Crippen LogP contribution in [0.25, 0.3) is 0 Å². The highest BCUT2D eigenvalue weighted by molar-refractivity contribution is 7.92. The number of carbonyl (C=O) groups excluding carboxylic acids is 1. The number of benzene rings is 2. The minimum atomic E-state index is -3.56. The van der Waals surface area contributed by atoms with Crippen LogP contribution in [0.1, 0.15) is 31.4 Å². The van der Waals surface area contributed by atoms with Gasteiger partial charge in [0.05, 0.1) is 22.9 Å². The summed E-state index contributed by atoms with van der Waals surface area (Å²) in [6, 6.07) is 10.9. The summed E-state index contributed by atoms with van der Waals surface area (Å²) in [5.41, 5.74) is 1.21. The molecule has 0 saturated carbocycles. The van der Waals surface area contributed by atoms with E-state index < -0.39 is 19.9 Å². The molecule has 9 nitrogen and oxygen atoms in total. The van der Waals surface area contributed by atoms with E-state index in [9.17, 15) is 21.6 Å². The van der Waals surface area contributed by atoms with E-state index in [1.807, 2.05) is 0 Å². The standard InChI is InChI=1S/C21H26N2O7S2/c1-15(16-6-9-18(10-7-16)31(2,25)26)22-21(24)5-4-12-23(32(3,27)28)17-8-11-19-20(13-17)30-14-29-19/h6-11,13,15H,4-5,12,14H2,1-3H3,(H,22,24)/t15-/m1/s1. The fourth-order valence-corrected chi connectivity index (χ4v) is 4.90. The van der Waals surface area contributed by atoms with E-state index in [4.69, 9.17) is 9.47 Å². The Balaban J connectivity index is 1.57. The van der Waals surface area contributed by atoms with Gasteiger partial charge in [0.25, 0.3) is 0 Å². The molecule has 1 heterocycles. The molecule has 1 N–H and O–H groups in total. The zero-order valence-corrected chi connectivity index (χ0v) is 19.7. The smallest absolute Gasteiger partial charge is 0.232 e. The Kier molecular flexibility index (Phi) is 6.99. The number of amides is 1. The van der Waals surface area contributed by atoms with Gasteiger partial charge in [0.1, 0.15) is 0 Å². The number of sulfone groups is 1. The molecule has 1 aliphatic rings. The Bertz CT molecular complexity index is 1190. The van der Waals surface area contributed by atoms with Crippen molar-refractivity contribution in [2.45, 2.75) is 30.7 Å². The van der Waals surface area contributed by atoms with E-state index >= 15 is 0 Å². The number of fused-ring (bicyclic) bond motifs is 1. The van der Waals surface area contributed by atoms with Gasteiger partial charge >= 0.3 is 0 Å². The predicted octanol–water partition coefficient (Wildman–Crippen LogP) is 2.24. The minimum Gasteiger partial charge on any atom is -0.454 e. The molecule has 174 valence electrons. The van der Waals surface area contributed by atoms with Crippen LogP contribution in [0.4, 0.5) is 5.69 Å². The second kappa shape index (κ2) is 9.37. The first-order valence-corrected chi connectivity index (χ1v) is 13.7. The summed E-state index contributed by atoms with van der Waals surface area (Å²) in [6.45, 7) is 2.01. The molecule has 0 aliphatic carbocycles. The maximum Gasteiger partial charge on any atom is 0.232 e. The molecule has 0 unspecified atom stereocenters. The number of carbonyl (C=O) groups is 1. The number of rotatable bonds is 9. The Morgan fingerprint density at radius 3 is 2.31 bits per heavy atom. The third-order valence-corrected chi connectivity index (χ3v) is 7.32. The third-order valence-electron chi connectivity index (χ3n) is 5.00. The molecule has 2 aromatic rings. The molecular weight excluding hydrogens is 456 g/mol. The lowest BCUT2D eigenvalue weighted by molar-refractivity contribution is -0.121. The number of nitrogens with one attached hydrogen (secondary N) is 1. The lowest BCUT2D eigenvalue weighted by Crippen LogP contribution is -2.32. The molecule has 2 aromatic carbocycles. The highest BCUT2D eigenvalue weighted by atomic mass is 32.2. The van der Waals surface area contributed by atoms with Gasteiger partial charge in [-0.15, -0.1) is 0 Å². The van der Waals surface area contributed by atoms with Crippen LogP contribution in [0, 0.1) is 0 Å². The number of hydrogen-bond donors (Lipinski definition) is 1. The van der Waals surface area contributed by atoms with E-state index in [2.05, 4.69) is 5.32 Å². The molecule has 0 saturated heterocycles. The molecule has 0 aromatic heterocycles. The number of sulfonamides is 1. The molecule has 3 rings (SSSR count). The van der Waals surface area contributed by atoms with Crippen molar-refractivity contribution in [2.24, 2.45) is 0 Å². The fraction of sp³-hybridized carbons (Fsp3) is 0.381. The zero-order chi connectivity index (χ0) is 23.5. The summed E-state index contributed by atoms with van der Waals surface area (Å²) >= 11 is 0. The maximum atomic E-state index is 12.4. The van der Waals surface area contributed by atoms with Crippen molar-refractivity contribution < 1.29 is 31.1 Å². The summed E-state index contributed by atoms with van der Waals surface area (Å²) in [5.74, 6) is 0.800. The Morgan fingerprint density at radius 2 is 1.69 bits per heavy atom. The van der Waals surface area contributed by atoms with Gasteiger partial charge in [-0.25, -0.2) is 16.8 Å². The fourth-order valence-electron chi connectivity index (χ4n) is 3.31. The molecule has 1 aliphatic heterocycles. The third kappa shape index (κ3) is 5.92. The van der Waals surface area contributed by atoms with Gasteiger partial charge in [0.15, 0.2) is 21.3 Å². The quantitative estimate of drug-likeness (QED) is 0.582. The molecule has 32 heavy (non-hydrogen) atoms. The van der Waals surface area contributed by atoms with Crippen molar-refractivity contribution in [3.8, 4) is 11.5 Å². The van der Waals surface area contributed by atoms with Crippen molar-refractivity contribution in [1.29, 1.82) is 0 Å². The van der Waals surface area contributed by atoms with Crippen LogP contribution < -0.4 is 19.1 Å². The highest BCUT2D eigenvalue weighted by Gasteiger charge is 2.22. The summed E-state index contributed by atoms with van der Waals surface area (Å²) < 4.78 is 59.5. The first kappa shape index (κ1) is 23.9. The van der Waals surface area contributed by atoms with E-state index in [1.54, 1.807) is 37.3 Å². The van der Waals surface area contributed by atoms with Crippen molar-refractivity contribution in [2.75, 3.05) is 30.2 Å². The Morgan fingerprint density at radius 1 is 1.03 bits per heavy atom. The largest absolute Gasteiger partial charge is 0.454 e. The zero-order valence-electron chi connectivity index (χ0n) is 18.1. The normalized spacial score (nSPS) is 14.1. The SMILES string of the molecule is C[C@@H](NC(=O)CCCN(c1ccc2c(c1)OCO2)S(C)(=O)=O)c1ccc(S(C)(=O)=O)cc1.